The molecule has 0 unspecified atom stereocenters. The zero-order valence-corrected chi connectivity index (χ0v) is 13.0. The SMILES string of the molecule is Cc1ncc(Cn2c(N)nc3cc(I)c(F)cc32)s1. The fourth-order valence-corrected chi connectivity index (χ4v) is 3.17. The molecule has 2 heterocycles. The van der Waals surface area contributed by atoms with Gasteiger partial charge in [0.25, 0.3) is 0 Å². The molecular weight excluding hydrogens is 378 g/mol. The minimum Gasteiger partial charge on any atom is -0.369 e. The first-order valence-corrected chi connectivity index (χ1v) is 7.46. The first-order valence-electron chi connectivity index (χ1n) is 5.56. The zero-order valence-electron chi connectivity index (χ0n) is 10.0. The van der Waals surface area contributed by atoms with Gasteiger partial charge in [-0.25, -0.2) is 14.4 Å². The molecule has 0 aliphatic heterocycles. The Morgan fingerprint density at radius 1 is 1.47 bits per heavy atom. The molecule has 0 aliphatic rings. The van der Waals surface area contributed by atoms with Crippen LogP contribution in [0.2, 0.25) is 0 Å². The summed E-state index contributed by atoms with van der Waals surface area (Å²) >= 11 is 3.55. The lowest BCUT2D eigenvalue weighted by Crippen LogP contribution is -2.03. The molecular formula is C12H10FIN4S. The van der Waals surface area contributed by atoms with E-state index in [1.807, 2.05) is 35.7 Å². The van der Waals surface area contributed by atoms with Crippen molar-refractivity contribution < 1.29 is 4.39 Å². The van der Waals surface area contributed by atoms with E-state index in [1.165, 1.54) is 6.07 Å². The van der Waals surface area contributed by atoms with Gasteiger partial charge in [0.05, 0.1) is 26.2 Å². The molecule has 0 amide bonds. The van der Waals surface area contributed by atoms with E-state index >= 15 is 0 Å². The van der Waals surface area contributed by atoms with E-state index in [0.717, 1.165) is 9.88 Å². The standard InChI is InChI=1S/C12H10FIN4S/c1-6-16-4-7(19-6)5-18-11-2-8(13)9(14)3-10(11)17-12(18)15/h2-4H,5H2,1H3,(H2,15,17). The molecule has 1 aromatic carbocycles. The van der Waals surface area contributed by atoms with Gasteiger partial charge < -0.3 is 10.3 Å². The first-order chi connectivity index (χ1) is 9.04. The Balaban J connectivity index is 2.12. The molecule has 2 N–H and O–H groups in total. The van der Waals surface area contributed by atoms with Crippen LogP contribution in [-0.4, -0.2) is 14.5 Å². The molecule has 3 aromatic rings. The van der Waals surface area contributed by atoms with Crippen LogP contribution < -0.4 is 5.73 Å². The summed E-state index contributed by atoms with van der Waals surface area (Å²) in [5.74, 6) is 0.136. The Labute approximate surface area is 126 Å². The normalized spacial score (nSPS) is 11.3. The summed E-state index contributed by atoms with van der Waals surface area (Å²) in [6.45, 7) is 2.51. The molecule has 0 saturated heterocycles. The molecule has 0 aliphatic carbocycles. The maximum atomic E-state index is 13.7. The van der Waals surface area contributed by atoms with Gasteiger partial charge in [-0.1, -0.05) is 0 Å². The largest absolute Gasteiger partial charge is 0.369 e. The molecule has 0 spiro atoms. The smallest absolute Gasteiger partial charge is 0.201 e. The predicted octanol–water partition coefficient (Wildman–Crippen LogP) is 3.18. The van der Waals surface area contributed by atoms with E-state index in [9.17, 15) is 4.39 Å². The van der Waals surface area contributed by atoms with Gasteiger partial charge in [0.2, 0.25) is 5.95 Å². The highest BCUT2D eigenvalue weighted by atomic mass is 127. The van der Waals surface area contributed by atoms with Crippen molar-refractivity contribution in [3.8, 4) is 0 Å². The van der Waals surface area contributed by atoms with Crippen LogP contribution in [0.25, 0.3) is 11.0 Å². The Kier molecular flexibility index (Phi) is 3.17. The Hall–Kier alpha value is -1.22. The second kappa shape index (κ2) is 4.71. The van der Waals surface area contributed by atoms with Gasteiger partial charge in [-0.15, -0.1) is 11.3 Å². The lowest BCUT2D eigenvalue weighted by Gasteiger charge is -2.04. The number of benzene rings is 1. The van der Waals surface area contributed by atoms with E-state index in [2.05, 4.69) is 9.97 Å². The van der Waals surface area contributed by atoms with Crippen molar-refractivity contribution in [2.24, 2.45) is 0 Å². The van der Waals surface area contributed by atoms with E-state index in [0.29, 0.717) is 27.1 Å². The van der Waals surface area contributed by atoms with Crippen LogP contribution >= 0.6 is 33.9 Å². The monoisotopic (exact) mass is 388 g/mol. The fourth-order valence-electron chi connectivity index (χ4n) is 1.94. The van der Waals surface area contributed by atoms with E-state index in [-0.39, 0.29) is 5.82 Å². The van der Waals surface area contributed by atoms with Crippen molar-refractivity contribution in [3.05, 3.63) is 37.6 Å². The minimum absolute atomic E-state index is 0.255. The third-order valence-corrected chi connectivity index (χ3v) is 4.53. The molecule has 0 saturated carbocycles. The minimum atomic E-state index is -0.255. The Bertz CT molecular complexity index is 765. The molecule has 3 rings (SSSR count). The van der Waals surface area contributed by atoms with Gasteiger partial charge >= 0.3 is 0 Å². The number of nitrogens with two attached hydrogens (primary N) is 1. The van der Waals surface area contributed by atoms with E-state index in [4.69, 9.17) is 5.73 Å². The summed E-state index contributed by atoms with van der Waals surface area (Å²) in [7, 11) is 0. The summed E-state index contributed by atoms with van der Waals surface area (Å²) in [4.78, 5) is 9.55. The van der Waals surface area contributed by atoms with Gasteiger partial charge in [0.15, 0.2) is 0 Å². The average Bonchev–Trinajstić information content (AvgIpc) is 2.87. The number of nitrogens with zero attached hydrogens (tertiary/aromatic N) is 3. The maximum absolute atomic E-state index is 13.7. The lowest BCUT2D eigenvalue weighted by molar-refractivity contribution is 0.621. The van der Waals surface area contributed by atoms with E-state index in [1.54, 1.807) is 22.0 Å². The van der Waals surface area contributed by atoms with Crippen LogP contribution in [0.5, 0.6) is 0 Å². The van der Waals surface area contributed by atoms with Gasteiger partial charge in [0.1, 0.15) is 5.82 Å². The van der Waals surface area contributed by atoms with Gasteiger partial charge in [-0.3, -0.25) is 0 Å². The van der Waals surface area contributed by atoms with Crippen LogP contribution in [0.4, 0.5) is 10.3 Å². The number of fused-ring (bicyclic) bond motifs is 1. The molecule has 0 fully saturated rings. The number of hydrogen-bond donors (Lipinski definition) is 1. The summed E-state index contributed by atoms with van der Waals surface area (Å²) in [6, 6.07) is 3.18. The second-order valence-corrected chi connectivity index (χ2v) is 6.64. The second-order valence-electron chi connectivity index (χ2n) is 4.16. The molecule has 4 nitrogen and oxygen atoms in total. The van der Waals surface area contributed by atoms with Gasteiger partial charge in [-0.05, 0) is 35.6 Å². The van der Waals surface area contributed by atoms with Crippen molar-refractivity contribution in [2.45, 2.75) is 13.5 Å². The third-order valence-electron chi connectivity index (χ3n) is 2.80. The molecule has 0 bridgehead atoms. The summed E-state index contributed by atoms with van der Waals surface area (Å²) in [5.41, 5.74) is 7.34. The average molecular weight is 388 g/mol. The van der Waals surface area contributed by atoms with Crippen molar-refractivity contribution in [2.75, 3.05) is 5.73 Å². The lowest BCUT2D eigenvalue weighted by atomic mass is 10.3. The molecule has 0 radical (unpaired) electrons. The molecule has 98 valence electrons. The molecule has 7 heteroatoms. The van der Waals surface area contributed by atoms with Crippen LogP contribution in [0.1, 0.15) is 9.88 Å². The number of anilines is 1. The van der Waals surface area contributed by atoms with Crippen LogP contribution in [0, 0.1) is 16.3 Å². The predicted molar refractivity (Wildman–Crippen MR) is 82.8 cm³/mol. The number of nitrogen functional groups attached to an aromatic ring is 1. The van der Waals surface area contributed by atoms with Gasteiger partial charge in [-0.2, -0.15) is 0 Å². The Morgan fingerprint density at radius 3 is 2.95 bits per heavy atom. The quantitative estimate of drug-likeness (QED) is 0.687. The molecule has 19 heavy (non-hydrogen) atoms. The number of imidazole rings is 1. The van der Waals surface area contributed by atoms with Crippen molar-refractivity contribution >= 4 is 50.9 Å². The van der Waals surface area contributed by atoms with Crippen molar-refractivity contribution in [1.82, 2.24) is 14.5 Å². The number of aromatic nitrogens is 3. The number of thiazole rings is 1. The van der Waals surface area contributed by atoms with Crippen molar-refractivity contribution in [1.29, 1.82) is 0 Å². The van der Waals surface area contributed by atoms with Crippen molar-refractivity contribution in [3.63, 3.8) is 0 Å². The summed E-state index contributed by atoms with van der Waals surface area (Å²) in [5, 5.41) is 0.999. The number of hydrogen-bond acceptors (Lipinski definition) is 4. The highest BCUT2D eigenvalue weighted by Gasteiger charge is 2.12. The van der Waals surface area contributed by atoms with Crippen LogP contribution in [-0.2, 0) is 6.54 Å². The Morgan fingerprint density at radius 2 is 2.26 bits per heavy atom. The first kappa shape index (κ1) is 12.8. The zero-order chi connectivity index (χ0) is 13.6. The number of halogens is 2. The third kappa shape index (κ3) is 2.32. The highest BCUT2D eigenvalue weighted by molar-refractivity contribution is 14.1. The maximum Gasteiger partial charge on any atom is 0.201 e. The summed E-state index contributed by atoms with van der Waals surface area (Å²) in [6.07, 6.45) is 1.81. The number of aryl methyl sites for hydroxylation is 1. The van der Waals surface area contributed by atoms with E-state index < -0.39 is 0 Å². The number of rotatable bonds is 2. The van der Waals surface area contributed by atoms with Crippen LogP contribution in [0.15, 0.2) is 18.3 Å². The molecule has 2 aromatic heterocycles. The van der Waals surface area contributed by atoms with Gasteiger partial charge in [0, 0.05) is 17.1 Å². The van der Waals surface area contributed by atoms with Crippen LogP contribution in [0.3, 0.4) is 0 Å². The molecule has 0 atom stereocenters. The highest BCUT2D eigenvalue weighted by Crippen LogP contribution is 2.25. The fraction of sp³-hybridized carbons (Fsp3) is 0.167. The summed E-state index contributed by atoms with van der Waals surface area (Å²) < 4.78 is 16.0. The topological polar surface area (TPSA) is 56.7 Å².